The molecule has 9 nitrogen and oxygen atoms in total. The number of amides is 1. The quantitative estimate of drug-likeness (QED) is 0.602. The maximum Gasteiger partial charge on any atom is 0.280 e. The third-order valence-electron chi connectivity index (χ3n) is 4.74. The minimum Gasteiger partial charge on any atom is -0.506 e. The maximum atomic E-state index is 12.8. The van der Waals surface area contributed by atoms with E-state index in [2.05, 4.69) is 31.1 Å². The van der Waals surface area contributed by atoms with Gasteiger partial charge in [-0.05, 0) is 31.5 Å². The van der Waals surface area contributed by atoms with Gasteiger partial charge in [0.1, 0.15) is 11.8 Å². The Bertz CT molecular complexity index is 991. The van der Waals surface area contributed by atoms with Crippen molar-refractivity contribution in [3.05, 3.63) is 40.1 Å². The molecule has 146 valence electrons. The third-order valence-corrected chi connectivity index (χ3v) is 6.82. The van der Waals surface area contributed by atoms with Crippen molar-refractivity contribution in [1.82, 2.24) is 18.8 Å². The van der Waals surface area contributed by atoms with Gasteiger partial charge in [0.2, 0.25) is 5.91 Å². The van der Waals surface area contributed by atoms with Crippen LogP contribution in [0.3, 0.4) is 0 Å². The number of aromatic hydroxyl groups is 1. The van der Waals surface area contributed by atoms with Crippen molar-refractivity contribution >= 4 is 37.7 Å². The van der Waals surface area contributed by atoms with Crippen LogP contribution in [0.2, 0.25) is 0 Å². The fourth-order valence-corrected chi connectivity index (χ4v) is 4.62. The van der Waals surface area contributed by atoms with Crippen LogP contribution in [0.15, 0.2) is 28.9 Å². The molecule has 1 aliphatic rings. The van der Waals surface area contributed by atoms with Crippen LogP contribution in [0, 0.1) is 6.92 Å². The highest BCUT2D eigenvalue weighted by Crippen LogP contribution is 2.31. The molecule has 3 rings (SSSR count). The zero-order valence-electron chi connectivity index (χ0n) is 15.0. The number of carbonyl (C=O) groups is 1. The average Bonchev–Trinajstić information content (AvgIpc) is 2.92. The topological polar surface area (TPSA) is 117 Å². The van der Waals surface area contributed by atoms with E-state index in [0.29, 0.717) is 4.47 Å². The minimum absolute atomic E-state index is 0.106. The summed E-state index contributed by atoms with van der Waals surface area (Å²) < 4.78 is 31.0. The normalized spacial score (nSPS) is 22.5. The summed E-state index contributed by atoms with van der Waals surface area (Å²) in [6.07, 6.45) is 1.83. The monoisotopic (exact) mass is 457 g/mol. The van der Waals surface area contributed by atoms with E-state index in [-0.39, 0.29) is 17.9 Å². The average molecular weight is 458 g/mol. The molecule has 1 fully saturated rings. The molecule has 0 spiro atoms. The Morgan fingerprint density at radius 2 is 2.11 bits per heavy atom. The highest BCUT2D eigenvalue weighted by molar-refractivity contribution is 9.10. The highest BCUT2D eigenvalue weighted by atomic mass is 79.9. The van der Waals surface area contributed by atoms with Crippen LogP contribution in [-0.2, 0) is 22.1 Å². The number of anilines is 1. The van der Waals surface area contributed by atoms with Gasteiger partial charge >= 0.3 is 0 Å². The third kappa shape index (κ3) is 3.86. The molecular weight excluding hydrogens is 438 g/mol. The number of aryl methyl sites for hydroxylation is 1. The first-order chi connectivity index (χ1) is 12.6. The van der Waals surface area contributed by atoms with Crippen molar-refractivity contribution in [3.63, 3.8) is 0 Å². The first-order valence-electron chi connectivity index (χ1n) is 8.13. The van der Waals surface area contributed by atoms with E-state index in [0.717, 1.165) is 15.6 Å². The summed E-state index contributed by atoms with van der Waals surface area (Å²) in [6, 6.07) is 3.09. The van der Waals surface area contributed by atoms with Crippen LogP contribution in [0.5, 0.6) is 5.75 Å². The van der Waals surface area contributed by atoms with Crippen LogP contribution in [0.25, 0.3) is 0 Å². The zero-order valence-corrected chi connectivity index (χ0v) is 17.4. The van der Waals surface area contributed by atoms with Gasteiger partial charge in [0, 0.05) is 29.8 Å². The standard InChI is InChI=1S/C16H20BrN5O4S/c1-9-11(8-18-21(9)2)12-7-14(22(3)27(25,26)20-12)16(24)19-13-6-10(17)4-5-15(13)23/h4-6,8,12,14,20,23H,7H2,1-3H3,(H,19,24)/t12-,14+/m1/s1. The molecule has 1 aliphatic heterocycles. The van der Waals surface area contributed by atoms with Gasteiger partial charge in [-0.3, -0.25) is 9.48 Å². The summed E-state index contributed by atoms with van der Waals surface area (Å²) in [5, 5.41) is 16.7. The van der Waals surface area contributed by atoms with Crippen LogP contribution in [0.1, 0.15) is 23.7 Å². The molecule has 0 aliphatic carbocycles. The number of likely N-dealkylation sites (N-methyl/N-ethyl adjacent to an activating group) is 1. The van der Waals surface area contributed by atoms with E-state index in [9.17, 15) is 18.3 Å². The van der Waals surface area contributed by atoms with Gasteiger partial charge in [-0.1, -0.05) is 15.9 Å². The lowest BCUT2D eigenvalue weighted by atomic mass is 10.00. The van der Waals surface area contributed by atoms with Gasteiger partial charge in [-0.15, -0.1) is 0 Å². The number of phenols is 1. The summed E-state index contributed by atoms with van der Waals surface area (Å²) >= 11 is 3.27. The fraction of sp³-hybridized carbons (Fsp3) is 0.375. The number of nitrogens with zero attached hydrogens (tertiary/aromatic N) is 3. The van der Waals surface area contributed by atoms with Crippen molar-refractivity contribution in [1.29, 1.82) is 0 Å². The molecule has 3 N–H and O–H groups in total. The Balaban J connectivity index is 1.89. The lowest BCUT2D eigenvalue weighted by molar-refractivity contribution is -0.120. The Morgan fingerprint density at radius 3 is 2.74 bits per heavy atom. The largest absolute Gasteiger partial charge is 0.506 e. The van der Waals surface area contributed by atoms with Crippen LogP contribution >= 0.6 is 15.9 Å². The number of rotatable bonds is 3. The summed E-state index contributed by atoms with van der Waals surface area (Å²) in [4.78, 5) is 12.8. The van der Waals surface area contributed by atoms with E-state index in [1.165, 1.54) is 13.1 Å². The fourth-order valence-electron chi connectivity index (χ4n) is 3.00. The van der Waals surface area contributed by atoms with Gasteiger partial charge in [0.05, 0.1) is 17.9 Å². The minimum atomic E-state index is -3.86. The van der Waals surface area contributed by atoms with Crippen molar-refractivity contribution < 1.29 is 18.3 Å². The molecule has 0 radical (unpaired) electrons. The number of hydrogen-bond donors (Lipinski definition) is 3. The van der Waals surface area contributed by atoms with Crippen molar-refractivity contribution in [2.45, 2.75) is 25.4 Å². The van der Waals surface area contributed by atoms with Crippen LogP contribution in [0.4, 0.5) is 5.69 Å². The molecule has 1 aromatic heterocycles. The van der Waals surface area contributed by atoms with Crippen LogP contribution in [-0.4, -0.2) is 46.6 Å². The number of benzene rings is 1. The van der Waals surface area contributed by atoms with Gasteiger partial charge in [-0.25, -0.2) is 0 Å². The molecule has 1 amide bonds. The summed E-state index contributed by atoms with van der Waals surface area (Å²) in [7, 11) is -0.744. The molecule has 2 heterocycles. The van der Waals surface area contributed by atoms with Gasteiger partial charge in [0.15, 0.2) is 0 Å². The molecule has 1 saturated heterocycles. The van der Waals surface area contributed by atoms with Gasteiger partial charge in [-0.2, -0.15) is 22.5 Å². The van der Waals surface area contributed by atoms with Crippen LogP contribution < -0.4 is 10.0 Å². The SMILES string of the molecule is Cc1c([C@H]2C[C@@H](C(=O)Nc3cc(Br)ccc3O)N(C)S(=O)(=O)N2)cnn1C. The number of nitrogens with one attached hydrogen (secondary N) is 2. The van der Waals surface area contributed by atoms with Crippen molar-refractivity contribution in [2.75, 3.05) is 12.4 Å². The van der Waals surface area contributed by atoms with Crippen molar-refractivity contribution in [3.8, 4) is 5.75 Å². The predicted octanol–water partition coefficient (Wildman–Crippen LogP) is 1.41. The lowest BCUT2D eigenvalue weighted by Crippen LogP contribution is -2.56. The molecule has 2 aromatic rings. The molecule has 0 unspecified atom stereocenters. The Labute approximate surface area is 165 Å². The molecular formula is C16H20BrN5O4S. The summed E-state index contributed by atoms with van der Waals surface area (Å²) in [6.45, 7) is 1.84. The van der Waals surface area contributed by atoms with Crippen molar-refractivity contribution in [2.24, 2.45) is 7.05 Å². The van der Waals surface area contributed by atoms with E-state index in [4.69, 9.17) is 0 Å². The summed E-state index contributed by atoms with van der Waals surface area (Å²) in [5.41, 5.74) is 1.74. The predicted molar refractivity (Wildman–Crippen MR) is 103 cm³/mol. The molecule has 0 bridgehead atoms. The number of hydrogen-bond acceptors (Lipinski definition) is 5. The lowest BCUT2D eigenvalue weighted by Gasteiger charge is -2.36. The Hall–Kier alpha value is -1.95. The maximum absolute atomic E-state index is 12.8. The molecule has 27 heavy (non-hydrogen) atoms. The molecule has 2 atom stereocenters. The second-order valence-electron chi connectivity index (χ2n) is 6.40. The van der Waals surface area contributed by atoms with E-state index >= 15 is 0 Å². The number of phenolic OH excluding ortho intramolecular Hbond substituents is 1. The highest BCUT2D eigenvalue weighted by Gasteiger charge is 2.41. The second-order valence-corrected chi connectivity index (χ2v) is 9.08. The smallest absolute Gasteiger partial charge is 0.280 e. The molecule has 11 heteroatoms. The second kappa shape index (κ2) is 7.23. The van der Waals surface area contributed by atoms with E-state index < -0.39 is 28.2 Å². The zero-order chi connectivity index (χ0) is 19.9. The summed E-state index contributed by atoms with van der Waals surface area (Å²) in [5.74, 6) is -0.631. The number of halogens is 1. The number of carbonyl (C=O) groups excluding carboxylic acids is 1. The number of aromatic nitrogens is 2. The van der Waals surface area contributed by atoms with E-state index in [1.54, 1.807) is 30.1 Å². The van der Waals surface area contributed by atoms with Gasteiger partial charge < -0.3 is 10.4 Å². The molecule has 1 aromatic carbocycles. The van der Waals surface area contributed by atoms with Gasteiger partial charge in [0.25, 0.3) is 10.2 Å². The Morgan fingerprint density at radius 1 is 1.41 bits per heavy atom. The van der Waals surface area contributed by atoms with E-state index in [1.807, 2.05) is 6.92 Å². The Kier molecular flexibility index (Phi) is 5.30. The first-order valence-corrected chi connectivity index (χ1v) is 10.4. The first kappa shape index (κ1) is 19.8. The molecule has 0 saturated carbocycles.